The minimum Gasteiger partial charge on any atom is -0.388 e. The van der Waals surface area contributed by atoms with E-state index >= 15 is 0 Å². The lowest BCUT2D eigenvalue weighted by Crippen LogP contribution is -2.38. The first-order valence-corrected chi connectivity index (χ1v) is 15.7. The molecule has 0 saturated carbocycles. The quantitative estimate of drug-likeness (QED) is 0.220. The van der Waals surface area contributed by atoms with Crippen LogP contribution in [0.5, 0.6) is 0 Å². The van der Waals surface area contributed by atoms with Gasteiger partial charge in [-0.25, -0.2) is 0 Å². The Bertz CT molecular complexity index is 863. The van der Waals surface area contributed by atoms with Gasteiger partial charge in [-0.2, -0.15) is 0 Å². The molecule has 0 aromatic heterocycles. The Morgan fingerprint density at radius 1 is 0.600 bits per heavy atom. The molecule has 184 valence electrons. The molecule has 0 atom stereocenters. The van der Waals surface area contributed by atoms with Crippen LogP contribution in [0.2, 0.25) is 6.04 Å². The van der Waals surface area contributed by atoms with Crippen LogP contribution in [0.1, 0.15) is 13.3 Å². The van der Waals surface area contributed by atoms with Crippen molar-refractivity contribution in [3.8, 4) is 0 Å². The van der Waals surface area contributed by atoms with Gasteiger partial charge in [-0.15, -0.1) is 0 Å². The van der Waals surface area contributed by atoms with E-state index in [0.717, 1.165) is 6.54 Å². The highest BCUT2D eigenvalue weighted by Gasteiger charge is 2.47. The monoisotopic (exact) mass is 502 g/mol. The first-order chi connectivity index (χ1) is 17.2. The van der Waals surface area contributed by atoms with E-state index in [-0.39, 0.29) is 0 Å². The zero-order valence-electron chi connectivity index (χ0n) is 21.7. The van der Waals surface area contributed by atoms with Gasteiger partial charge >= 0.3 is 0 Å². The molecule has 4 rings (SSSR count). The summed E-state index contributed by atoms with van der Waals surface area (Å²) in [5.41, 5.74) is 0. The van der Waals surface area contributed by atoms with Gasteiger partial charge in [-0.05, 0) is 68.0 Å². The second-order valence-electron chi connectivity index (χ2n) is 8.13. The van der Waals surface area contributed by atoms with Crippen molar-refractivity contribution >= 4 is 38.7 Å². The predicted octanol–water partition coefficient (Wildman–Crippen LogP) is 4.34. The van der Waals surface area contributed by atoms with Gasteiger partial charge in [0.05, 0.1) is 0 Å². The van der Waals surface area contributed by atoms with E-state index in [1.165, 1.54) is 50.5 Å². The Hall–Kier alpha value is -2.55. The third-order valence-corrected chi connectivity index (χ3v) is 10.5. The van der Waals surface area contributed by atoms with Crippen molar-refractivity contribution in [1.29, 1.82) is 0 Å². The number of ether oxygens (including phenoxy) is 1. The van der Waals surface area contributed by atoms with Crippen molar-refractivity contribution in [2.24, 2.45) is 0 Å². The van der Waals surface area contributed by atoms with E-state index in [9.17, 15) is 0 Å². The van der Waals surface area contributed by atoms with E-state index in [4.69, 9.17) is 0 Å². The first-order valence-electron chi connectivity index (χ1n) is 12.5. The molecule has 0 aliphatic carbocycles. The summed E-state index contributed by atoms with van der Waals surface area (Å²) in [5.74, 6) is 0. The minimum absolute atomic E-state index is 1.13. The van der Waals surface area contributed by atoms with E-state index < -0.39 is 7.26 Å². The Morgan fingerprint density at radius 2 is 0.886 bits per heavy atom. The highest BCUT2D eigenvalue weighted by Crippen LogP contribution is 2.53. The van der Waals surface area contributed by atoms with Crippen molar-refractivity contribution < 1.29 is 4.74 Å². The SMILES string of the molecule is CCNCCC[SiH3].COC.c1ccc([P+](c2ccccc2)(c2ccccc2)c2ccccc2)cc1. The zero-order valence-corrected chi connectivity index (χ0v) is 24.6. The maximum atomic E-state index is 4.25. The summed E-state index contributed by atoms with van der Waals surface area (Å²) in [6.07, 6.45) is 1.38. The van der Waals surface area contributed by atoms with Crippen LogP contribution < -0.4 is 26.5 Å². The highest BCUT2D eigenvalue weighted by molar-refractivity contribution is 8.01. The second kappa shape index (κ2) is 17.0. The summed E-state index contributed by atoms with van der Waals surface area (Å²) in [6, 6.07) is 45.3. The normalized spacial score (nSPS) is 10.5. The Balaban J connectivity index is 0.000000369. The Labute approximate surface area is 216 Å². The van der Waals surface area contributed by atoms with E-state index in [2.05, 4.69) is 138 Å². The molecule has 0 radical (unpaired) electrons. The van der Waals surface area contributed by atoms with Gasteiger partial charge in [-0.3, -0.25) is 0 Å². The summed E-state index contributed by atoms with van der Waals surface area (Å²) in [5, 5.41) is 8.82. The third-order valence-electron chi connectivity index (χ3n) is 5.53. The summed E-state index contributed by atoms with van der Waals surface area (Å²) in [7, 11) is 2.71. The van der Waals surface area contributed by atoms with Crippen molar-refractivity contribution in [3.63, 3.8) is 0 Å². The molecule has 0 fully saturated rings. The number of nitrogens with one attached hydrogen (secondary N) is 1. The molecule has 0 amide bonds. The molecule has 2 nitrogen and oxygen atoms in total. The van der Waals surface area contributed by atoms with Crippen LogP contribution >= 0.6 is 7.26 Å². The molecule has 4 heteroatoms. The topological polar surface area (TPSA) is 21.3 Å². The van der Waals surface area contributed by atoms with Gasteiger partial charge in [0, 0.05) is 24.5 Å². The Kier molecular flexibility index (Phi) is 13.9. The van der Waals surface area contributed by atoms with Crippen LogP contribution in [-0.4, -0.2) is 37.6 Å². The molecule has 0 aliphatic heterocycles. The van der Waals surface area contributed by atoms with Gasteiger partial charge in [0.2, 0.25) is 0 Å². The predicted molar refractivity (Wildman–Crippen MR) is 162 cm³/mol. The largest absolute Gasteiger partial charge is 0.388 e. The van der Waals surface area contributed by atoms with Crippen LogP contribution in [0.3, 0.4) is 0 Å². The third kappa shape index (κ3) is 8.26. The molecule has 0 spiro atoms. The number of methoxy groups -OCH3 is 1. The molecule has 0 heterocycles. The van der Waals surface area contributed by atoms with Gasteiger partial charge in [0.1, 0.15) is 28.5 Å². The van der Waals surface area contributed by atoms with Gasteiger partial charge in [-0.1, -0.05) is 85.8 Å². The summed E-state index contributed by atoms with van der Waals surface area (Å²) in [6.45, 7) is 4.49. The van der Waals surface area contributed by atoms with Crippen molar-refractivity contribution in [3.05, 3.63) is 121 Å². The average molecular weight is 503 g/mol. The minimum atomic E-state index is -1.91. The highest BCUT2D eigenvalue weighted by atomic mass is 31.2. The summed E-state index contributed by atoms with van der Waals surface area (Å²) >= 11 is 0. The van der Waals surface area contributed by atoms with E-state index in [1.54, 1.807) is 14.2 Å². The molecule has 0 saturated heterocycles. The number of benzene rings is 4. The number of hydrogen-bond donors (Lipinski definition) is 1. The molecular weight excluding hydrogens is 461 g/mol. The fourth-order valence-corrected chi connectivity index (χ4v) is 8.60. The molecule has 0 aliphatic rings. The molecule has 4 aromatic carbocycles. The lowest BCUT2D eigenvalue weighted by Gasteiger charge is -2.27. The van der Waals surface area contributed by atoms with Gasteiger partial charge < -0.3 is 10.1 Å². The van der Waals surface area contributed by atoms with E-state index in [1.807, 2.05) is 0 Å². The van der Waals surface area contributed by atoms with Crippen LogP contribution in [0.25, 0.3) is 0 Å². The maximum Gasteiger partial charge on any atom is 0.144 e. The molecule has 35 heavy (non-hydrogen) atoms. The Morgan fingerprint density at radius 3 is 1.11 bits per heavy atom. The maximum absolute atomic E-state index is 4.25. The summed E-state index contributed by atoms with van der Waals surface area (Å²) in [4.78, 5) is 0. The number of hydrogen-bond acceptors (Lipinski definition) is 2. The van der Waals surface area contributed by atoms with Crippen LogP contribution in [0.4, 0.5) is 0 Å². The molecule has 0 bridgehead atoms. The molecule has 0 unspecified atom stereocenters. The zero-order chi connectivity index (χ0) is 25.2. The fraction of sp³-hybridized carbons (Fsp3) is 0.226. The van der Waals surface area contributed by atoms with Crippen molar-refractivity contribution in [2.45, 2.75) is 19.4 Å². The smallest absolute Gasteiger partial charge is 0.144 e. The molecule has 1 N–H and O–H groups in total. The molecule has 4 aromatic rings. The summed E-state index contributed by atoms with van der Waals surface area (Å²) < 4.78 is 4.25. The van der Waals surface area contributed by atoms with Crippen LogP contribution in [0.15, 0.2) is 121 Å². The van der Waals surface area contributed by atoms with Crippen molar-refractivity contribution in [2.75, 3.05) is 27.3 Å². The molecular formula is C31H41NOPSi+. The fourth-order valence-electron chi connectivity index (χ4n) is 3.98. The van der Waals surface area contributed by atoms with E-state index in [0.29, 0.717) is 0 Å². The second-order valence-corrected chi connectivity index (χ2v) is 12.5. The lowest BCUT2D eigenvalue weighted by molar-refractivity contribution is 0.277. The van der Waals surface area contributed by atoms with Gasteiger partial charge in [0.15, 0.2) is 0 Å². The van der Waals surface area contributed by atoms with Gasteiger partial charge in [0.25, 0.3) is 0 Å². The van der Waals surface area contributed by atoms with Crippen LogP contribution in [-0.2, 0) is 4.74 Å². The standard InChI is InChI=1S/C24H20P.C5H15NSi.C2H6O/c1-5-13-21(14-6-1)25(22-15-7-2-8-16-22,23-17-9-3-10-18-23)24-19-11-4-12-20-24;1-2-6-4-3-5-7;1-3-2/h1-20H;6H,2-5H2,1,7H3;1-2H3/q+1;;. The van der Waals surface area contributed by atoms with Crippen molar-refractivity contribution in [1.82, 2.24) is 5.32 Å². The number of rotatable bonds is 8. The average Bonchev–Trinajstić information content (AvgIpc) is 2.93. The lowest BCUT2D eigenvalue weighted by atomic mass is 10.3. The van der Waals surface area contributed by atoms with Crippen LogP contribution in [0, 0.1) is 0 Å². The first kappa shape index (κ1) is 28.7.